The summed E-state index contributed by atoms with van der Waals surface area (Å²) in [5, 5.41) is -1.14. The molecule has 0 fully saturated rings. The van der Waals surface area contributed by atoms with E-state index in [1.807, 2.05) is 0 Å². The number of rotatable bonds is 19. The quantitative estimate of drug-likeness (QED) is 0.113. The van der Waals surface area contributed by atoms with Gasteiger partial charge in [-0.3, -0.25) is 13.7 Å². The molecular formula is C23H51O9P3. The second-order valence-corrected chi connectivity index (χ2v) is 17.1. The topological polar surface area (TPSA) is 107 Å². The van der Waals surface area contributed by atoms with Crippen molar-refractivity contribution in [3.05, 3.63) is 0 Å². The molecule has 0 rings (SSSR count). The van der Waals surface area contributed by atoms with E-state index in [1.54, 1.807) is 83.1 Å². The van der Waals surface area contributed by atoms with Crippen LogP contribution >= 0.6 is 22.8 Å². The van der Waals surface area contributed by atoms with Crippen molar-refractivity contribution in [2.24, 2.45) is 0 Å². The summed E-state index contributed by atoms with van der Waals surface area (Å²) >= 11 is 0. The smallest absolute Gasteiger partial charge is 0.306 e. The summed E-state index contributed by atoms with van der Waals surface area (Å²) in [5.74, 6) is 0. The SMILES string of the molecule is CC(C)OP(=O)(CCCCC(P(=O)(OC(C)C)OC(C)C)P(=O)(OC(C)C)OC(C)C)OC(C)C. The largest absolute Gasteiger partial charge is 0.346 e. The van der Waals surface area contributed by atoms with Gasteiger partial charge in [0.2, 0.25) is 0 Å². The van der Waals surface area contributed by atoms with E-state index in [0.717, 1.165) is 0 Å². The van der Waals surface area contributed by atoms with Crippen LogP contribution < -0.4 is 0 Å². The standard InChI is InChI=1S/C23H51O9P3/c1-17(2)27-33(24,28-18(3)4)16-14-13-15-23(34(25,29-19(5)6)30-20(7)8)35(26,31-21(9)10)32-22(11)12/h17-23H,13-16H2,1-12H3. The zero-order valence-corrected chi connectivity index (χ0v) is 26.6. The lowest BCUT2D eigenvalue weighted by Crippen LogP contribution is -2.23. The molecule has 0 bridgehead atoms. The third-order valence-corrected chi connectivity index (χ3v) is 12.9. The predicted octanol–water partition coefficient (Wildman–Crippen LogP) is 8.61. The van der Waals surface area contributed by atoms with Crippen LogP contribution in [0, 0.1) is 0 Å². The first-order valence-corrected chi connectivity index (χ1v) is 17.7. The second kappa shape index (κ2) is 15.8. The van der Waals surface area contributed by atoms with Crippen molar-refractivity contribution in [1.82, 2.24) is 0 Å². The van der Waals surface area contributed by atoms with E-state index >= 15 is 0 Å². The Bertz CT molecular complexity index is 656. The average molecular weight is 565 g/mol. The minimum atomic E-state index is -3.95. The van der Waals surface area contributed by atoms with Crippen molar-refractivity contribution in [3.8, 4) is 0 Å². The third-order valence-electron chi connectivity index (χ3n) is 4.05. The predicted molar refractivity (Wildman–Crippen MR) is 143 cm³/mol. The van der Waals surface area contributed by atoms with Crippen LogP contribution in [0.4, 0.5) is 0 Å². The second-order valence-electron chi connectivity index (χ2n) is 10.3. The van der Waals surface area contributed by atoms with Crippen LogP contribution in [0.3, 0.4) is 0 Å². The zero-order chi connectivity index (χ0) is 27.6. The monoisotopic (exact) mass is 564 g/mol. The lowest BCUT2D eigenvalue weighted by Gasteiger charge is -2.35. The van der Waals surface area contributed by atoms with E-state index < -0.39 is 52.6 Å². The average Bonchev–Trinajstić information content (AvgIpc) is 2.56. The van der Waals surface area contributed by atoms with E-state index in [0.29, 0.717) is 12.8 Å². The fourth-order valence-corrected chi connectivity index (χ4v) is 11.6. The van der Waals surface area contributed by atoms with Crippen LogP contribution in [-0.4, -0.2) is 48.2 Å². The molecule has 0 aromatic heterocycles. The molecule has 0 aliphatic rings. The molecule has 0 unspecified atom stereocenters. The third kappa shape index (κ3) is 14.3. The minimum absolute atomic E-state index is 0.163. The molecule has 9 nitrogen and oxygen atoms in total. The molecule has 0 aliphatic carbocycles. The molecule has 0 aromatic rings. The highest BCUT2D eigenvalue weighted by Gasteiger charge is 2.52. The first kappa shape index (κ1) is 35.5. The molecule has 0 spiro atoms. The van der Waals surface area contributed by atoms with E-state index in [1.165, 1.54) is 0 Å². The van der Waals surface area contributed by atoms with Crippen molar-refractivity contribution >= 4 is 22.8 Å². The van der Waals surface area contributed by atoms with Crippen molar-refractivity contribution in [2.75, 3.05) is 6.16 Å². The Kier molecular flexibility index (Phi) is 16.0. The minimum Gasteiger partial charge on any atom is -0.306 e. The lowest BCUT2D eigenvalue weighted by molar-refractivity contribution is 0.121. The van der Waals surface area contributed by atoms with Gasteiger partial charge < -0.3 is 27.1 Å². The van der Waals surface area contributed by atoms with E-state index in [2.05, 4.69) is 0 Å². The Labute approximate surface area is 214 Å². The van der Waals surface area contributed by atoms with Gasteiger partial charge in [-0.2, -0.15) is 0 Å². The van der Waals surface area contributed by atoms with Crippen LogP contribution in [0.1, 0.15) is 102 Å². The maximum atomic E-state index is 14.1. The van der Waals surface area contributed by atoms with Gasteiger partial charge in [0.25, 0.3) is 0 Å². The van der Waals surface area contributed by atoms with Crippen molar-refractivity contribution < 1.29 is 40.8 Å². The summed E-state index contributed by atoms with van der Waals surface area (Å²) in [4.78, 5) is 0. The molecule has 0 N–H and O–H groups in total. The summed E-state index contributed by atoms with van der Waals surface area (Å²) in [7, 11) is -11.2. The summed E-state index contributed by atoms with van der Waals surface area (Å²) in [5.41, 5.74) is 0. The summed E-state index contributed by atoms with van der Waals surface area (Å²) < 4.78 is 76.0. The van der Waals surface area contributed by atoms with Crippen molar-refractivity contribution in [1.29, 1.82) is 0 Å². The molecule has 0 radical (unpaired) electrons. The Morgan fingerprint density at radius 1 is 0.457 bits per heavy atom. The van der Waals surface area contributed by atoms with Crippen LogP contribution in [0.15, 0.2) is 0 Å². The van der Waals surface area contributed by atoms with Crippen LogP contribution in [0.5, 0.6) is 0 Å². The van der Waals surface area contributed by atoms with Crippen LogP contribution in [0.25, 0.3) is 0 Å². The highest BCUT2D eigenvalue weighted by Crippen LogP contribution is 2.73. The highest BCUT2D eigenvalue weighted by molar-refractivity contribution is 7.72. The van der Waals surface area contributed by atoms with Gasteiger partial charge >= 0.3 is 22.8 Å². The molecule has 0 aromatic carbocycles. The Hall–Kier alpha value is 0.450. The van der Waals surface area contributed by atoms with E-state index in [9.17, 15) is 13.7 Å². The highest BCUT2D eigenvalue weighted by atomic mass is 31.2. The molecule has 0 atom stereocenters. The molecule has 35 heavy (non-hydrogen) atoms. The van der Waals surface area contributed by atoms with Gasteiger partial charge in [-0.05, 0) is 95.9 Å². The molecule has 0 saturated carbocycles. The van der Waals surface area contributed by atoms with Crippen molar-refractivity contribution in [3.63, 3.8) is 0 Å². The van der Waals surface area contributed by atoms with Gasteiger partial charge in [0.15, 0.2) is 5.40 Å². The van der Waals surface area contributed by atoms with Crippen LogP contribution in [0.2, 0.25) is 0 Å². The van der Waals surface area contributed by atoms with Gasteiger partial charge in [0, 0.05) is 0 Å². The van der Waals surface area contributed by atoms with Crippen molar-refractivity contribution in [2.45, 2.75) is 144 Å². The first-order chi connectivity index (χ1) is 15.8. The first-order valence-electron chi connectivity index (χ1n) is 12.7. The fourth-order valence-electron chi connectivity index (χ4n) is 3.40. The molecule has 0 amide bonds. The molecule has 0 saturated heterocycles. The molecular weight excluding hydrogens is 513 g/mol. The maximum absolute atomic E-state index is 14.1. The Morgan fingerprint density at radius 2 is 0.743 bits per heavy atom. The lowest BCUT2D eigenvalue weighted by atomic mass is 10.3. The van der Waals surface area contributed by atoms with Gasteiger partial charge in [-0.25, -0.2) is 0 Å². The molecule has 0 heterocycles. The Morgan fingerprint density at radius 3 is 1.00 bits per heavy atom. The van der Waals surface area contributed by atoms with Gasteiger partial charge in [-0.1, -0.05) is 6.42 Å². The van der Waals surface area contributed by atoms with Gasteiger partial charge in [0.05, 0.1) is 42.8 Å². The van der Waals surface area contributed by atoms with E-state index in [4.69, 9.17) is 27.1 Å². The molecule has 12 heteroatoms. The zero-order valence-electron chi connectivity index (χ0n) is 23.9. The number of hydrogen-bond acceptors (Lipinski definition) is 9. The normalized spacial score (nSPS) is 14.1. The van der Waals surface area contributed by atoms with Crippen LogP contribution in [-0.2, 0) is 40.8 Å². The Balaban J connectivity index is 6.07. The molecule has 0 aliphatic heterocycles. The maximum Gasteiger partial charge on any atom is 0.346 e. The number of hydrogen-bond donors (Lipinski definition) is 0. The van der Waals surface area contributed by atoms with E-state index in [-0.39, 0.29) is 24.8 Å². The van der Waals surface area contributed by atoms with Gasteiger partial charge in [0.1, 0.15) is 0 Å². The summed E-state index contributed by atoms with van der Waals surface area (Å²) in [6, 6.07) is 0. The summed E-state index contributed by atoms with van der Waals surface area (Å²) in [6.07, 6.45) is -1.08. The van der Waals surface area contributed by atoms with Gasteiger partial charge in [-0.15, -0.1) is 0 Å². The summed E-state index contributed by atoms with van der Waals surface area (Å²) in [6.45, 7) is 21.2. The fraction of sp³-hybridized carbons (Fsp3) is 1.00. The number of unbranched alkanes of at least 4 members (excludes halogenated alkanes) is 1. The molecule has 212 valence electrons.